The van der Waals surface area contributed by atoms with Crippen LogP contribution >= 0.6 is 12.4 Å². The van der Waals surface area contributed by atoms with Gasteiger partial charge in [-0.15, -0.1) is 12.4 Å². The summed E-state index contributed by atoms with van der Waals surface area (Å²) in [6, 6.07) is 5.27. The quantitative estimate of drug-likeness (QED) is 0.595. The lowest BCUT2D eigenvalue weighted by atomic mass is 10.1. The minimum Gasteiger partial charge on any atom is -0.369 e. The number of carbonyl (C=O) groups excluding carboxylic acids is 2. The number of carbonyl (C=O) groups is 2. The van der Waals surface area contributed by atoms with Crippen LogP contribution in [0.3, 0.4) is 0 Å². The molecular weight excluding hydrogens is 445 g/mol. The van der Waals surface area contributed by atoms with Crippen LogP contribution in [0, 0.1) is 0 Å². The molecule has 0 aromatic heterocycles. The van der Waals surface area contributed by atoms with Crippen molar-refractivity contribution in [3.63, 3.8) is 0 Å². The number of halogens is 4. The number of hydrogen-bond donors (Lipinski definition) is 0. The number of fused-ring (bicyclic) bond motifs is 1. The van der Waals surface area contributed by atoms with E-state index in [1.807, 2.05) is 4.90 Å². The van der Waals surface area contributed by atoms with Gasteiger partial charge in [-0.3, -0.25) is 14.5 Å². The van der Waals surface area contributed by atoms with Crippen molar-refractivity contribution in [1.82, 2.24) is 14.7 Å². The van der Waals surface area contributed by atoms with Gasteiger partial charge in [0.05, 0.1) is 12.1 Å². The van der Waals surface area contributed by atoms with Crippen molar-refractivity contribution < 1.29 is 22.8 Å². The molecule has 0 aliphatic carbocycles. The number of rotatable bonds is 6. The van der Waals surface area contributed by atoms with Gasteiger partial charge in [0.25, 0.3) is 0 Å². The van der Waals surface area contributed by atoms with Crippen molar-refractivity contribution >= 4 is 29.9 Å². The highest BCUT2D eigenvalue weighted by atomic mass is 35.5. The maximum Gasteiger partial charge on any atom is 0.416 e. The van der Waals surface area contributed by atoms with Gasteiger partial charge in [-0.05, 0) is 50.4 Å². The second-order valence-electron chi connectivity index (χ2n) is 8.59. The van der Waals surface area contributed by atoms with Crippen LogP contribution in [0.2, 0.25) is 0 Å². The number of nitrogens with zero attached hydrogens (tertiary/aromatic N) is 4. The molecule has 2 amide bonds. The van der Waals surface area contributed by atoms with Crippen molar-refractivity contribution in [2.24, 2.45) is 0 Å². The zero-order valence-corrected chi connectivity index (χ0v) is 18.8. The number of unbranched alkanes of at least 4 members (excludes halogenated alkanes) is 1. The van der Waals surface area contributed by atoms with Gasteiger partial charge in [0.2, 0.25) is 11.8 Å². The first kappa shape index (κ1) is 24.6. The predicted octanol–water partition coefficient (Wildman–Crippen LogP) is 2.86. The Morgan fingerprint density at radius 3 is 2.41 bits per heavy atom. The summed E-state index contributed by atoms with van der Waals surface area (Å²) in [5.74, 6) is 0.152. The van der Waals surface area contributed by atoms with Gasteiger partial charge < -0.3 is 14.7 Å². The van der Waals surface area contributed by atoms with E-state index < -0.39 is 11.7 Å². The molecule has 0 N–H and O–H groups in total. The van der Waals surface area contributed by atoms with Crippen LogP contribution in [0.4, 0.5) is 18.9 Å². The van der Waals surface area contributed by atoms with E-state index in [1.54, 1.807) is 15.9 Å². The van der Waals surface area contributed by atoms with E-state index in [4.69, 9.17) is 0 Å². The van der Waals surface area contributed by atoms with Crippen molar-refractivity contribution in [1.29, 1.82) is 0 Å². The normalized spacial score (nSPS) is 22.2. The number of hydrogen-bond acceptors (Lipinski definition) is 4. The molecule has 1 aromatic carbocycles. The Morgan fingerprint density at radius 1 is 0.969 bits per heavy atom. The first-order valence-electron chi connectivity index (χ1n) is 11.1. The van der Waals surface area contributed by atoms with Crippen LogP contribution in [0.25, 0.3) is 0 Å². The van der Waals surface area contributed by atoms with Crippen LogP contribution in [-0.2, 0) is 15.8 Å². The third-order valence-corrected chi connectivity index (χ3v) is 6.56. The van der Waals surface area contributed by atoms with Crippen molar-refractivity contribution in [2.75, 3.05) is 57.3 Å². The molecule has 32 heavy (non-hydrogen) atoms. The summed E-state index contributed by atoms with van der Waals surface area (Å²) >= 11 is 0. The predicted molar refractivity (Wildman–Crippen MR) is 118 cm³/mol. The van der Waals surface area contributed by atoms with E-state index >= 15 is 0 Å². The molecule has 3 aliphatic rings. The topological polar surface area (TPSA) is 47.1 Å². The van der Waals surface area contributed by atoms with E-state index in [1.165, 1.54) is 12.1 Å². The van der Waals surface area contributed by atoms with Crippen LogP contribution in [0.1, 0.15) is 31.2 Å². The maximum absolute atomic E-state index is 12.9. The van der Waals surface area contributed by atoms with Crippen LogP contribution in [-0.4, -0.2) is 84.9 Å². The minimum atomic E-state index is -4.33. The van der Waals surface area contributed by atoms with E-state index in [-0.39, 0.29) is 36.8 Å². The standard InChI is InChI=1S/C22H29F3N4O2.ClH/c23-22(24,25)17-5-3-6-18(15-17)27-13-11-26(12-14-27)8-1-2-9-28-16-20(30)29-10-4-7-19(29)21(28)31;/h3,5-6,15,19H,1-2,4,7-14,16H2;1H. The fourth-order valence-corrected chi connectivity index (χ4v) is 4.80. The highest BCUT2D eigenvalue weighted by molar-refractivity contribution is 5.95. The van der Waals surface area contributed by atoms with Crippen molar-refractivity contribution in [2.45, 2.75) is 37.9 Å². The second kappa shape index (κ2) is 10.3. The van der Waals surface area contributed by atoms with E-state index in [2.05, 4.69) is 4.90 Å². The maximum atomic E-state index is 12.9. The highest BCUT2D eigenvalue weighted by Crippen LogP contribution is 2.32. The average Bonchev–Trinajstić information content (AvgIpc) is 3.25. The third-order valence-electron chi connectivity index (χ3n) is 6.56. The Bertz CT molecular complexity index is 815. The SMILES string of the molecule is Cl.O=C1C2CCCN2C(=O)CN1CCCCN1CCN(c2cccc(C(F)(F)F)c2)CC1. The lowest BCUT2D eigenvalue weighted by Gasteiger charge is -2.37. The Balaban J connectivity index is 0.00000289. The summed E-state index contributed by atoms with van der Waals surface area (Å²) in [5, 5.41) is 0. The lowest BCUT2D eigenvalue weighted by molar-refractivity contribution is -0.153. The van der Waals surface area contributed by atoms with E-state index in [0.717, 1.165) is 51.4 Å². The molecule has 0 bridgehead atoms. The van der Waals surface area contributed by atoms with Crippen LogP contribution in [0.15, 0.2) is 24.3 Å². The Labute approximate surface area is 192 Å². The van der Waals surface area contributed by atoms with E-state index in [0.29, 0.717) is 31.9 Å². The van der Waals surface area contributed by atoms with Gasteiger partial charge in [-0.2, -0.15) is 13.2 Å². The van der Waals surface area contributed by atoms with Gasteiger partial charge >= 0.3 is 6.18 Å². The second-order valence-corrected chi connectivity index (χ2v) is 8.59. The van der Waals surface area contributed by atoms with Gasteiger partial charge in [-0.25, -0.2) is 0 Å². The van der Waals surface area contributed by atoms with Gasteiger partial charge in [0.15, 0.2) is 0 Å². The van der Waals surface area contributed by atoms with Crippen molar-refractivity contribution in [3.05, 3.63) is 29.8 Å². The Hall–Kier alpha value is -2.00. The van der Waals surface area contributed by atoms with Gasteiger partial charge in [0, 0.05) is 45.0 Å². The Kier molecular flexibility index (Phi) is 7.92. The fraction of sp³-hybridized carbons (Fsp3) is 0.636. The molecule has 1 unspecified atom stereocenters. The summed E-state index contributed by atoms with van der Waals surface area (Å²) in [7, 11) is 0. The summed E-state index contributed by atoms with van der Waals surface area (Å²) < 4.78 is 38.8. The number of benzene rings is 1. The summed E-state index contributed by atoms with van der Waals surface area (Å²) in [5.41, 5.74) is 0.00241. The molecule has 3 heterocycles. The average molecular weight is 475 g/mol. The lowest BCUT2D eigenvalue weighted by Crippen LogP contribution is -2.57. The monoisotopic (exact) mass is 474 g/mol. The summed E-state index contributed by atoms with van der Waals surface area (Å²) in [6.07, 6.45) is -0.872. The smallest absolute Gasteiger partial charge is 0.369 e. The molecule has 0 radical (unpaired) electrons. The van der Waals surface area contributed by atoms with Crippen molar-refractivity contribution in [3.8, 4) is 0 Å². The number of alkyl halides is 3. The fourth-order valence-electron chi connectivity index (χ4n) is 4.80. The van der Waals surface area contributed by atoms with Gasteiger partial charge in [-0.1, -0.05) is 6.07 Å². The minimum absolute atomic E-state index is 0. The van der Waals surface area contributed by atoms with Crippen LogP contribution < -0.4 is 4.90 Å². The first-order valence-corrected chi connectivity index (χ1v) is 11.1. The summed E-state index contributed by atoms with van der Waals surface area (Å²) in [6.45, 7) is 5.39. The largest absolute Gasteiger partial charge is 0.416 e. The highest BCUT2D eigenvalue weighted by Gasteiger charge is 2.41. The first-order chi connectivity index (χ1) is 14.8. The molecule has 0 spiro atoms. The zero-order chi connectivity index (χ0) is 22.0. The Morgan fingerprint density at radius 2 is 1.69 bits per heavy atom. The molecular formula is C22H30ClF3N4O2. The molecule has 4 rings (SSSR count). The molecule has 6 nitrogen and oxygen atoms in total. The molecule has 1 aromatic rings. The molecule has 3 fully saturated rings. The molecule has 178 valence electrons. The van der Waals surface area contributed by atoms with Crippen LogP contribution in [0.5, 0.6) is 0 Å². The molecule has 0 saturated carbocycles. The molecule has 3 saturated heterocycles. The van der Waals surface area contributed by atoms with E-state index in [9.17, 15) is 22.8 Å². The molecule has 1 atom stereocenters. The third kappa shape index (κ3) is 5.49. The molecule has 3 aliphatic heterocycles. The number of anilines is 1. The number of amides is 2. The zero-order valence-electron chi connectivity index (χ0n) is 18.0. The van der Waals surface area contributed by atoms with Gasteiger partial charge in [0.1, 0.15) is 6.04 Å². The summed E-state index contributed by atoms with van der Waals surface area (Å²) in [4.78, 5) is 32.5. The number of piperazine rings is 2. The molecule has 10 heteroatoms.